The first kappa shape index (κ1) is 23.5. The number of benzene rings is 3. The van der Waals surface area contributed by atoms with Gasteiger partial charge >= 0.3 is 0 Å². The average molecular weight is 418 g/mol. The summed E-state index contributed by atoms with van der Waals surface area (Å²) in [7, 11) is 0. The quantitative estimate of drug-likeness (QED) is 0.150. The second kappa shape index (κ2) is 12.6. The van der Waals surface area contributed by atoms with Crippen LogP contribution in [-0.4, -0.2) is 30.3 Å². The molecule has 2 nitrogen and oxygen atoms in total. The van der Waals surface area contributed by atoms with Crippen molar-refractivity contribution in [2.75, 3.05) is 19.6 Å². The Morgan fingerprint density at radius 3 is 1.94 bits per heavy atom. The number of unbranched alkanes of at least 4 members (excludes halogenated alkanes) is 6. The van der Waals surface area contributed by atoms with Crippen LogP contribution in [0.25, 0.3) is 21.5 Å². The number of Topliss-reactive ketones (excluding diaryl/α,β-unsaturated/α-hetero) is 1. The smallest absolute Gasteiger partial charge is 0.164 e. The van der Waals surface area contributed by atoms with E-state index in [0.717, 1.165) is 36.0 Å². The third-order valence-electron chi connectivity index (χ3n) is 6.36. The molecule has 0 heterocycles. The molecule has 0 bridgehead atoms. The number of carbonyl (C=O) groups is 1. The highest BCUT2D eigenvalue weighted by molar-refractivity contribution is 6.11. The van der Waals surface area contributed by atoms with Crippen molar-refractivity contribution in [2.45, 2.75) is 71.6 Å². The van der Waals surface area contributed by atoms with Gasteiger partial charge in [0, 0.05) is 18.5 Å². The highest BCUT2D eigenvalue weighted by Crippen LogP contribution is 2.26. The van der Waals surface area contributed by atoms with Crippen molar-refractivity contribution in [1.29, 1.82) is 0 Å². The summed E-state index contributed by atoms with van der Waals surface area (Å²) in [6, 6.07) is 18.9. The van der Waals surface area contributed by atoms with Crippen LogP contribution < -0.4 is 0 Å². The first-order valence-corrected chi connectivity index (χ1v) is 12.4. The van der Waals surface area contributed by atoms with Crippen molar-refractivity contribution in [2.24, 2.45) is 0 Å². The third-order valence-corrected chi connectivity index (χ3v) is 6.36. The maximum atomic E-state index is 13.2. The molecule has 0 saturated heterocycles. The van der Waals surface area contributed by atoms with E-state index in [1.54, 1.807) is 0 Å². The SMILES string of the molecule is CCCCCCN(CCCCCC)CCC(=O)c1cccc2cc3ccccc3cc12. The Morgan fingerprint density at radius 1 is 0.677 bits per heavy atom. The monoisotopic (exact) mass is 417 g/mol. The summed E-state index contributed by atoms with van der Waals surface area (Å²) < 4.78 is 0. The normalized spacial score (nSPS) is 11.6. The molecule has 2 heteroatoms. The Hall–Kier alpha value is -2.19. The van der Waals surface area contributed by atoms with Crippen LogP contribution in [0.4, 0.5) is 0 Å². The molecule has 0 N–H and O–H groups in total. The standard InChI is InChI=1S/C29H39NO/c1-3-5-7-11-19-30(20-12-8-6-4-2)21-18-29(31)27-17-13-16-26-22-24-14-9-10-15-25(24)23-28(26)27/h9-10,13-17,22-23H,3-8,11-12,18-21H2,1-2H3. The maximum absolute atomic E-state index is 13.2. The van der Waals surface area contributed by atoms with E-state index in [-0.39, 0.29) is 5.78 Å². The minimum atomic E-state index is 0.271. The van der Waals surface area contributed by atoms with Gasteiger partial charge in [0.2, 0.25) is 0 Å². The van der Waals surface area contributed by atoms with E-state index in [2.05, 4.69) is 61.2 Å². The molecular weight excluding hydrogens is 378 g/mol. The number of nitrogens with zero attached hydrogens (tertiary/aromatic N) is 1. The lowest BCUT2D eigenvalue weighted by atomic mass is 9.96. The van der Waals surface area contributed by atoms with Crippen molar-refractivity contribution >= 4 is 27.3 Å². The lowest BCUT2D eigenvalue weighted by Gasteiger charge is -2.22. The molecule has 3 aromatic carbocycles. The Labute approximate surface area is 188 Å². The van der Waals surface area contributed by atoms with E-state index in [0.29, 0.717) is 6.42 Å². The van der Waals surface area contributed by atoms with Gasteiger partial charge in [-0.05, 0) is 59.6 Å². The minimum Gasteiger partial charge on any atom is -0.303 e. The maximum Gasteiger partial charge on any atom is 0.164 e. The Bertz CT molecular complexity index is 949. The predicted molar refractivity (Wildman–Crippen MR) is 135 cm³/mol. The number of fused-ring (bicyclic) bond motifs is 2. The molecule has 0 aliphatic rings. The molecule has 3 aromatic rings. The highest BCUT2D eigenvalue weighted by atomic mass is 16.1. The van der Waals surface area contributed by atoms with Crippen LogP contribution in [0.15, 0.2) is 54.6 Å². The average Bonchev–Trinajstić information content (AvgIpc) is 2.80. The van der Waals surface area contributed by atoms with Crippen LogP contribution in [0.2, 0.25) is 0 Å². The van der Waals surface area contributed by atoms with Crippen molar-refractivity contribution in [1.82, 2.24) is 4.90 Å². The second-order valence-corrected chi connectivity index (χ2v) is 8.86. The van der Waals surface area contributed by atoms with Crippen LogP contribution in [0.3, 0.4) is 0 Å². The van der Waals surface area contributed by atoms with Crippen molar-refractivity contribution < 1.29 is 4.79 Å². The van der Waals surface area contributed by atoms with E-state index in [1.165, 1.54) is 62.1 Å². The van der Waals surface area contributed by atoms with Crippen molar-refractivity contribution in [3.63, 3.8) is 0 Å². The molecule has 166 valence electrons. The predicted octanol–water partition coefficient (Wildman–Crippen LogP) is 8.03. The Kier molecular flexibility index (Phi) is 9.55. The summed E-state index contributed by atoms with van der Waals surface area (Å²) >= 11 is 0. The van der Waals surface area contributed by atoms with Crippen LogP contribution in [0.1, 0.15) is 82.0 Å². The molecular formula is C29H39NO. The molecule has 0 aliphatic heterocycles. The van der Waals surface area contributed by atoms with Gasteiger partial charge in [-0.2, -0.15) is 0 Å². The number of carbonyl (C=O) groups excluding carboxylic acids is 1. The summed E-state index contributed by atoms with van der Waals surface area (Å²) in [6.07, 6.45) is 10.9. The van der Waals surface area contributed by atoms with Crippen molar-refractivity contribution in [3.05, 3.63) is 60.2 Å². The number of rotatable bonds is 14. The fraction of sp³-hybridized carbons (Fsp3) is 0.483. The van der Waals surface area contributed by atoms with E-state index in [4.69, 9.17) is 0 Å². The molecule has 0 aliphatic carbocycles. The third kappa shape index (κ3) is 6.90. The zero-order valence-corrected chi connectivity index (χ0v) is 19.5. The number of ketones is 1. The van der Waals surface area contributed by atoms with Gasteiger partial charge in [0.05, 0.1) is 0 Å². The van der Waals surface area contributed by atoms with Gasteiger partial charge in [0.25, 0.3) is 0 Å². The summed E-state index contributed by atoms with van der Waals surface area (Å²) in [6.45, 7) is 7.64. The fourth-order valence-corrected chi connectivity index (χ4v) is 4.46. The molecule has 0 amide bonds. The number of hydrogen-bond acceptors (Lipinski definition) is 2. The van der Waals surface area contributed by atoms with Crippen LogP contribution in [0, 0.1) is 0 Å². The van der Waals surface area contributed by atoms with Gasteiger partial charge in [-0.25, -0.2) is 0 Å². The van der Waals surface area contributed by atoms with E-state index in [9.17, 15) is 4.79 Å². The summed E-state index contributed by atoms with van der Waals surface area (Å²) in [5, 5.41) is 4.66. The van der Waals surface area contributed by atoms with Crippen LogP contribution >= 0.6 is 0 Å². The molecule has 0 aromatic heterocycles. The van der Waals surface area contributed by atoms with Gasteiger partial charge in [0.1, 0.15) is 0 Å². The van der Waals surface area contributed by atoms with Crippen LogP contribution in [-0.2, 0) is 0 Å². The van der Waals surface area contributed by atoms with Gasteiger partial charge in [-0.3, -0.25) is 4.79 Å². The molecule has 31 heavy (non-hydrogen) atoms. The molecule has 0 radical (unpaired) electrons. The van der Waals surface area contributed by atoms with Crippen LogP contribution in [0.5, 0.6) is 0 Å². The van der Waals surface area contributed by atoms with E-state index < -0.39 is 0 Å². The van der Waals surface area contributed by atoms with Gasteiger partial charge < -0.3 is 4.90 Å². The van der Waals surface area contributed by atoms with Gasteiger partial charge in [0.15, 0.2) is 5.78 Å². The molecule has 0 atom stereocenters. The first-order valence-electron chi connectivity index (χ1n) is 12.4. The lowest BCUT2D eigenvalue weighted by Crippen LogP contribution is -2.28. The number of hydrogen-bond donors (Lipinski definition) is 0. The molecule has 3 rings (SSSR count). The highest BCUT2D eigenvalue weighted by Gasteiger charge is 2.13. The molecule has 0 spiro atoms. The Balaban J connectivity index is 1.67. The summed E-state index contributed by atoms with van der Waals surface area (Å²) in [5.74, 6) is 0.271. The molecule has 0 saturated carbocycles. The minimum absolute atomic E-state index is 0.271. The second-order valence-electron chi connectivity index (χ2n) is 8.86. The zero-order chi connectivity index (χ0) is 21.9. The Morgan fingerprint density at radius 2 is 1.29 bits per heavy atom. The summed E-state index contributed by atoms with van der Waals surface area (Å²) in [5.41, 5.74) is 0.875. The largest absolute Gasteiger partial charge is 0.303 e. The van der Waals surface area contributed by atoms with E-state index >= 15 is 0 Å². The molecule has 0 fully saturated rings. The van der Waals surface area contributed by atoms with Crippen molar-refractivity contribution in [3.8, 4) is 0 Å². The van der Waals surface area contributed by atoms with E-state index in [1.807, 2.05) is 12.1 Å². The van der Waals surface area contributed by atoms with Gasteiger partial charge in [-0.15, -0.1) is 0 Å². The van der Waals surface area contributed by atoms with Gasteiger partial charge in [-0.1, -0.05) is 94.8 Å². The first-order chi connectivity index (χ1) is 15.2. The zero-order valence-electron chi connectivity index (χ0n) is 19.5. The summed E-state index contributed by atoms with van der Waals surface area (Å²) in [4.78, 5) is 15.8. The lowest BCUT2D eigenvalue weighted by molar-refractivity contribution is 0.0964. The molecule has 0 unspecified atom stereocenters. The fourth-order valence-electron chi connectivity index (χ4n) is 4.46. The topological polar surface area (TPSA) is 20.3 Å².